The van der Waals surface area contributed by atoms with Crippen LogP contribution in [-0.4, -0.2) is 48.7 Å². The summed E-state index contributed by atoms with van der Waals surface area (Å²) in [5.41, 5.74) is 6.38. The Morgan fingerprint density at radius 1 is 0.706 bits per heavy atom. The molecule has 0 spiro atoms. The van der Waals surface area contributed by atoms with Crippen LogP contribution in [0.1, 0.15) is 51.4 Å². The molecule has 0 amide bonds. The highest BCUT2D eigenvalue weighted by Crippen LogP contribution is 2.13. The minimum absolute atomic E-state index is 0.270. The summed E-state index contributed by atoms with van der Waals surface area (Å²) in [6, 6.07) is 0. The van der Waals surface area contributed by atoms with Crippen LogP contribution in [-0.2, 0) is 0 Å². The van der Waals surface area contributed by atoms with Gasteiger partial charge in [-0.2, -0.15) is 0 Å². The highest BCUT2D eigenvalue weighted by Gasteiger charge is 2.19. The van der Waals surface area contributed by atoms with Gasteiger partial charge in [0.25, 0.3) is 0 Å². The van der Waals surface area contributed by atoms with Gasteiger partial charge < -0.3 is 10.6 Å². The highest BCUT2D eigenvalue weighted by molar-refractivity contribution is 4.74. The van der Waals surface area contributed by atoms with E-state index in [0.717, 1.165) is 6.54 Å². The molecule has 0 aliphatic carbocycles. The molecular weight excluding hydrogens is 210 g/mol. The second-order valence-corrected chi connectivity index (χ2v) is 5.73. The molecule has 2 rings (SSSR count). The van der Waals surface area contributed by atoms with E-state index in [1.807, 2.05) is 0 Å². The number of nitrogens with two attached hydrogens (primary N) is 1. The zero-order valence-electron chi connectivity index (χ0n) is 11.2. The van der Waals surface area contributed by atoms with E-state index in [-0.39, 0.29) is 6.17 Å². The van der Waals surface area contributed by atoms with Gasteiger partial charge in [0.15, 0.2) is 0 Å². The van der Waals surface area contributed by atoms with Crippen LogP contribution in [0.25, 0.3) is 0 Å². The largest absolute Gasteiger partial charge is 0.315 e. The summed E-state index contributed by atoms with van der Waals surface area (Å²) in [7, 11) is 0. The van der Waals surface area contributed by atoms with Gasteiger partial charge in [-0.25, -0.2) is 0 Å². The van der Waals surface area contributed by atoms with Gasteiger partial charge in [-0.1, -0.05) is 25.7 Å². The first-order valence-electron chi connectivity index (χ1n) is 7.58. The van der Waals surface area contributed by atoms with Gasteiger partial charge in [0, 0.05) is 6.54 Å². The molecule has 2 aliphatic heterocycles. The molecule has 1 unspecified atom stereocenters. The first-order chi connectivity index (χ1) is 8.36. The van der Waals surface area contributed by atoms with Crippen LogP contribution >= 0.6 is 0 Å². The third kappa shape index (κ3) is 4.57. The minimum Gasteiger partial charge on any atom is -0.315 e. The maximum atomic E-state index is 6.38. The molecule has 100 valence electrons. The molecule has 0 saturated carbocycles. The van der Waals surface area contributed by atoms with Gasteiger partial charge in [0.05, 0.1) is 6.17 Å². The Morgan fingerprint density at radius 3 is 1.71 bits per heavy atom. The van der Waals surface area contributed by atoms with E-state index >= 15 is 0 Å². The van der Waals surface area contributed by atoms with Crippen molar-refractivity contribution in [2.24, 2.45) is 5.73 Å². The van der Waals surface area contributed by atoms with Crippen LogP contribution in [0.15, 0.2) is 0 Å². The fraction of sp³-hybridized carbons (Fsp3) is 1.00. The van der Waals surface area contributed by atoms with E-state index in [4.69, 9.17) is 5.73 Å². The standard InChI is InChI=1S/C14H29N3/c15-14(17-11-7-3-4-8-12-17)13-16-9-5-1-2-6-10-16/h14H,1-13,15H2. The number of rotatable bonds is 3. The first kappa shape index (κ1) is 13.3. The van der Waals surface area contributed by atoms with Crippen molar-refractivity contribution < 1.29 is 0 Å². The van der Waals surface area contributed by atoms with Crippen LogP contribution in [0.2, 0.25) is 0 Å². The molecule has 1 atom stereocenters. The molecule has 2 saturated heterocycles. The van der Waals surface area contributed by atoms with Crippen molar-refractivity contribution in [1.82, 2.24) is 9.80 Å². The normalized spacial score (nSPS) is 27.4. The Hall–Kier alpha value is -0.120. The zero-order valence-corrected chi connectivity index (χ0v) is 11.2. The van der Waals surface area contributed by atoms with Gasteiger partial charge in [-0.05, 0) is 51.9 Å². The van der Waals surface area contributed by atoms with Crippen molar-refractivity contribution >= 4 is 0 Å². The quantitative estimate of drug-likeness (QED) is 0.818. The molecule has 2 aliphatic rings. The minimum atomic E-state index is 0.270. The summed E-state index contributed by atoms with van der Waals surface area (Å²) in [6.45, 7) is 6.05. The molecule has 0 aromatic rings. The van der Waals surface area contributed by atoms with E-state index in [0.29, 0.717) is 0 Å². The lowest BCUT2D eigenvalue weighted by molar-refractivity contribution is 0.146. The molecule has 2 heterocycles. The molecule has 3 nitrogen and oxygen atoms in total. The van der Waals surface area contributed by atoms with Crippen LogP contribution in [0.5, 0.6) is 0 Å². The molecule has 2 N–H and O–H groups in total. The van der Waals surface area contributed by atoms with Crippen LogP contribution in [0.4, 0.5) is 0 Å². The molecule has 0 aromatic carbocycles. The van der Waals surface area contributed by atoms with Crippen molar-refractivity contribution in [3.8, 4) is 0 Å². The van der Waals surface area contributed by atoms with Gasteiger partial charge in [0.1, 0.15) is 0 Å². The van der Waals surface area contributed by atoms with E-state index in [1.165, 1.54) is 77.5 Å². The van der Waals surface area contributed by atoms with Gasteiger partial charge in [-0.3, -0.25) is 4.90 Å². The third-order valence-electron chi connectivity index (χ3n) is 4.25. The lowest BCUT2D eigenvalue weighted by Crippen LogP contribution is -2.50. The average molecular weight is 239 g/mol. The molecule has 3 heteroatoms. The van der Waals surface area contributed by atoms with Gasteiger partial charge >= 0.3 is 0 Å². The monoisotopic (exact) mass is 239 g/mol. The Bertz CT molecular complexity index is 192. The predicted octanol–water partition coefficient (Wildman–Crippen LogP) is 2.02. The summed E-state index contributed by atoms with van der Waals surface area (Å²) < 4.78 is 0. The van der Waals surface area contributed by atoms with Crippen LogP contribution in [0, 0.1) is 0 Å². The van der Waals surface area contributed by atoms with E-state index in [1.54, 1.807) is 0 Å². The summed E-state index contributed by atoms with van der Waals surface area (Å²) in [6.07, 6.45) is 11.3. The number of nitrogens with zero attached hydrogens (tertiary/aromatic N) is 2. The molecular formula is C14H29N3. The van der Waals surface area contributed by atoms with Gasteiger partial charge in [0.2, 0.25) is 0 Å². The number of hydrogen-bond acceptors (Lipinski definition) is 3. The van der Waals surface area contributed by atoms with Crippen molar-refractivity contribution in [1.29, 1.82) is 0 Å². The Labute approximate surface area is 106 Å². The maximum absolute atomic E-state index is 6.38. The van der Waals surface area contributed by atoms with Crippen molar-refractivity contribution in [3.63, 3.8) is 0 Å². The van der Waals surface area contributed by atoms with E-state index in [9.17, 15) is 0 Å². The highest BCUT2D eigenvalue weighted by atomic mass is 15.3. The first-order valence-corrected chi connectivity index (χ1v) is 7.58. The lowest BCUT2D eigenvalue weighted by atomic mass is 10.2. The Morgan fingerprint density at radius 2 is 1.18 bits per heavy atom. The summed E-state index contributed by atoms with van der Waals surface area (Å²) in [5, 5.41) is 0. The summed E-state index contributed by atoms with van der Waals surface area (Å²) >= 11 is 0. The molecule has 0 aromatic heterocycles. The fourth-order valence-electron chi connectivity index (χ4n) is 3.13. The average Bonchev–Trinajstić information content (AvgIpc) is 2.72. The van der Waals surface area contributed by atoms with Crippen molar-refractivity contribution in [2.45, 2.75) is 57.5 Å². The fourth-order valence-corrected chi connectivity index (χ4v) is 3.13. The van der Waals surface area contributed by atoms with E-state index < -0.39 is 0 Å². The van der Waals surface area contributed by atoms with Crippen LogP contribution in [0.3, 0.4) is 0 Å². The maximum Gasteiger partial charge on any atom is 0.0703 e. The van der Waals surface area contributed by atoms with Gasteiger partial charge in [-0.15, -0.1) is 0 Å². The van der Waals surface area contributed by atoms with Crippen LogP contribution < -0.4 is 5.73 Å². The molecule has 2 fully saturated rings. The summed E-state index contributed by atoms with van der Waals surface area (Å²) in [5.74, 6) is 0. The predicted molar refractivity (Wildman–Crippen MR) is 72.9 cm³/mol. The second-order valence-electron chi connectivity index (χ2n) is 5.73. The molecule has 0 bridgehead atoms. The van der Waals surface area contributed by atoms with Crippen molar-refractivity contribution in [3.05, 3.63) is 0 Å². The smallest absolute Gasteiger partial charge is 0.0703 e. The molecule has 0 radical (unpaired) electrons. The molecule has 17 heavy (non-hydrogen) atoms. The number of likely N-dealkylation sites (tertiary alicyclic amines) is 2. The zero-order chi connectivity index (χ0) is 11.9. The van der Waals surface area contributed by atoms with Crippen molar-refractivity contribution in [2.75, 3.05) is 32.7 Å². The SMILES string of the molecule is NC(CN1CCCCCC1)N1CCCCCC1. The van der Waals surface area contributed by atoms with E-state index in [2.05, 4.69) is 9.80 Å². The second kappa shape index (κ2) is 7.34. The Kier molecular flexibility index (Phi) is 5.75. The topological polar surface area (TPSA) is 32.5 Å². The number of hydrogen-bond donors (Lipinski definition) is 1. The third-order valence-corrected chi connectivity index (χ3v) is 4.25. The Balaban J connectivity index is 1.75. The lowest BCUT2D eigenvalue weighted by Gasteiger charge is -2.32. The summed E-state index contributed by atoms with van der Waals surface area (Å²) in [4.78, 5) is 5.10.